The Morgan fingerprint density at radius 1 is 1.20 bits per heavy atom. The van der Waals surface area contributed by atoms with Gasteiger partial charge in [-0.25, -0.2) is 14.4 Å². The Balaban J connectivity index is 1.68. The van der Waals surface area contributed by atoms with Crippen molar-refractivity contribution < 1.29 is 9.18 Å². The summed E-state index contributed by atoms with van der Waals surface area (Å²) in [7, 11) is 0. The third kappa shape index (κ3) is 2.13. The van der Waals surface area contributed by atoms with Gasteiger partial charge in [0.05, 0.1) is 17.8 Å². The molecule has 0 aliphatic carbocycles. The van der Waals surface area contributed by atoms with E-state index in [9.17, 15) is 9.18 Å². The molecule has 3 rings (SSSR count). The average molecular weight is 278 g/mol. The quantitative estimate of drug-likeness (QED) is 0.821. The van der Waals surface area contributed by atoms with Gasteiger partial charge in [0.2, 0.25) is 11.9 Å². The summed E-state index contributed by atoms with van der Waals surface area (Å²) in [6, 6.07) is 0. The van der Waals surface area contributed by atoms with E-state index in [2.05, 4.69) is 9.97 Å². The summed E-state index contributed by atoms with van der Waals surface area (Å²) in [6.45, 7) is 5.22. The summed E-state index contributed by atoms with van der Waals surface area (Å²) in [4.78, 5) is 24.4. The minimum absolute atomic E-state index is 0.174. The van der Waals surface area contributed by atoms with E-state index in [0.29, 0.717) is 11.9 Å². The number of hydrogen-bond donors (Lipinski definition) is 0. The molecule has 3 heterocycles. The Bertz CT molecular complexity index is 496. The summed E-state index contributed by atoms with van der Waals surface area (Å²) < 4.78 is 12.8. The molecule has 0 aromatic carbocycles. The van der Waals surface area contributed by atoms with Gasteiger partial charge >= 0.3 is 0 Å². The van der Waals surface area contributed by atoms with Gasteiger partial charge in [0, 0.05) is 26.2 Å². The third-order valence-corrected chi connectivity index (χ3v) is 4.59. The zero-order valence-corrected chi connectivity index (χ0v) is 11.7. The van der Waals surface area contributed by atoms with E-state index in [-0.39, 0.29) is 5.41 Å². The standard InChI is InChI=1S/C14H19FN4O/c1-2-18-6-3-14(12(18)20)4-7-19(8-5-14)13-16-9-11(15)10-17-13/h9-10H,2-8H2,1H3. The molecule has 1 amide bonds. The summed E-state index contributed by atoms with van der Waals surface area (Å²) in [5.74, 6) is 0.436. The Labute approximate surface area is 117 Å². The number of hydrogen-bond acceptors (Lipinski definition) is 4. The first kappa shape index (κ1) is 13.3. The summed E-state index contributed by atoms with van der Waals surface area (Å²) in [6.07, 6.45) is 5.00. The molecule has 0 atom stereocenters. The van der Waals surface area contributed by atoms with E-state index >= 15 is 0 Å². The lowest BCUT2D eigenvalue weighted by Crippen LogP contribution is -2.45. The number of carbonyl (C=O) groups is 1. The molecule has 1 spiro atoms. The highest BCUT2D eigenvalue weighted by Gasteiger charge is 2.47. The maximum absolute atomic E-state index is 12.8. The van der Waals surface area contributed by atoms with Crippen molar-refractivity contribution in [3.05, 3.63) is 18.2 Å². The van der Waals surface area contributed by atoms with Gasteiger partial charge in [-0.05, 0) is 26.2 Å². The molecule has 0 radical (unpaired) electrons. The van der Waals surface area contributed by atoms with Gasteiger partial charge in [-0.1, -0.05) is 0 Å². The molecule has 1 aromatic heterocycles. The van der Waals surface area contributed by atoms with E-state index in [1.807, 2.05) is 16.7 Å². The van der Waals surface area contributed by atoms with Crippen LogP contribution in [0.4, 0.5) is 10.3 Å². The number of likely N-dealkylation sites (tertiary alicyclic amines) is 1. The van der Waals surface area contributed by atoms with Crippen LogP contribution in [0.2, 0.25) is 0 Å². The van der Waals surface area contributed by atoms with Crippen molar-refractivity contribution >= 4 is 11.9 Å². The molecule has 6 heteroatoms. The van der Waals surface area contributed by atoms with Crippen molar-refractivity contribution in [1.29, 1.82) is 0 Å². The van der Waals surface area contributed by atoms with E-state index in [0.717, 1.165) is 45.4 Å². The second kappa shape index (κ2) is 5.00. The van der Waals surface area contributed by atoms with E-state index in [1.165, 1.54) is 12.4 Å². The molecule has 2 saturated heterocycles. The molecule has 0 saturated carbocycles. The normalized spacial score (nSPS) is 21.8. The van der Waals surface area contributed by atoms with Gasteiger partial charge in [0.1, 0.15) is 0 Å². The molecule has 108 valence electrons. The van der Waals surface area contributed by atoms with E-state index in [4.69, 9.17) is 0 Å². The zero-order chi connectivity index (χ0) is 14.2. The molecule has 1 aromatic rings. The fourth-order valence-corrected chi connectivity index (χ4v) is 3.26. The lowest BCUT2D eigenvalue weighted by Gasteiger charge is -2.37. The number of carbonyl (C=O) groups excluding carboxylic acids is 1. The van der Waals surface area contributed by atoms with Crippen molar-refractivity contribution in [2.45, 2.75) is 26.2 Å². The molecule has 0 bridgehead atoms. The van der Waals surface area contributed by atoms with Crippen molar-refractivity contribution in [1.82, 2.24) is 14.9 Å². The summed E-state index contributed by atoms with van der Waals surface area (Å²) in [5.41, 5.74) is -0.174. The molecular formula is C14H19FN4O. The van der Waals surface area contributed by atoms with Crippen LogP contribution in [0.25, 0.3) is 0 Å². The smallest absolute Gasteiger partial charge is 0.228 e. The first-order valence-electron chi connectivity index (χ1n) is 7.16. The van der Waals surface area contributed by atoms with Crippen molar-refractivity contribution in [2.75, 3.05) is 31.1 Å². The maximum Gasteiger partial charge on any atom is 0.228 e. The lowest BCUT2D eigenvalue weighted by molar-refractivity contribution is -0.136. The van der Waals surface area contributed by atoms with Gasteiger partial charge in [-0.15, -0.1) is 0 Å². The number of anilines is 1. The topological polar surface area (TPSA) is 49.3 Å². The fraction of sp³-hybridized carbons (Fsp3) is 0.643. The van der Waals surface area contributed by atoms with Crippen LogP contribution in [0.15, 0.2) is 12.4 Å². The van der Waals surface area contributed by atoms with Crippen LogP contribution in [0, 0.1) is 11.2 Å². The number of halogens is 1. The van der Waals surface area contributed by atoms with Gasteiger partial charge in [-0.3, -0.25) is 4.79 Å². The second-order valence-corrected chi connectivity index (χ2v) is 5.60. The van der Waals surface area contributed by atoms with Crippen molar-refractivity contribution in [3.8, 4) is 0 Å². The van der Waals surface area contributed by atoms with Crippen molar-refractivity contribution in [2.24, 2.45) is 5.41 Å². The molecule has 2 fully saturated rings. The highest BCUT2D eigenvalue weighted by Crippen LogP contribution is 2.41. The van der Waals surface area contributed by atoms with Crippen molar-refractivity contribution in [3.63, 3.8) is 0 Å². The highest BCUT2D eigenvalue weighted by molar-refractivity contribution is 5.85. The van der Waals surface area contributed by atoms with Crippen LogP contribution in [0.5, 0.6) is 0 Å². The van der Waals surface area contributed by atoms with Gasteiger partial charge in [-0.2, -0.15) is 0 Å². The average Bonchev–Trinajstić information content (AvgIpc) is 2.78. The first-order chi connectivity index (χ1) is 9.64. The predicted octanol–water partition coefficient (Wildman–Crippen LogP) is 1.45. The monoisotopic (exact) mass is 278 g/mol. The molecule has 0 N–H and O–H groups in total. The largest absolute Gasteiger partial charge is 0.342 e. The SMILES string of the molecule is CCN1CCC2(CCN(c3ncc(F)cn3)CC2)C1=O. The van der Waals surface area contributed by atoms with Crippen LogP contribution in [0.3, 0.4) is 0 Å². The molecule has 0 unspecified atom stereocenters. The Hall–Kier alpha value is -1.72. The summed E-state index contributed by atoms with van der Waals surface area (Å²) in [5, 5.41) is 0. The highest BCUT2D eigenvalue weighted by atomic mass is 19.1. The predicted molar refractivity (Wildman–Crippen MR) is 72.7 cm³/mol. The van der Waals surface area contributed by atoms with Crippen LogP contribution >= 0.6 is 0 Å². The third-order valence-electron chi connectivity index (χ3n) is 4.59. The minimum atomic E-state index is -0.424. The molecule has 20 heavy (non-hydrogen) atoms. The molecule has 5 nitrogen and oxygen atoms in total. The Morgan fingerprint density at radius 3 is 2.35 bits per heavy atom. The van der Waals surface area contributed by atoms with Crippen LogP contribution in [-0.4, -0.2) is 47.0 Å². The molecule has 2 aliphatic heterocycles. The van der Waals surface area contributed by atoms with Gasteiger partial charge < -0.3 is 9.80 Å². The fourth-order valence-electron chi connectivity index (χ4n) is 3.26. The number of piperidine rings is 1. The van der Waals surface area contributed by atoms with E-state index < -0.39 is 5.82 Å². The van der Waals surface area contributed by atoms with Crippen LogP contribution in [-0.2, 0) is 4.79 Å². The Kier molecular flexibility index (Phi) is 3.31. The lowest BCUT2D eigenvalue weighted by atomic mass is 9.77. The second-order valence-electron chi connectivity index (χ2n) is 5.60. The van der Waals surface area contributed by atoms with Crippen LogP contribution < -0.4 is 4.90 Å². The van der Waals surface area contributed by atoms with E-state index in [1.54, 1.807) is 0 Å². The van der Waals surface area contributed by atoms with Gasteiger partial charge in [0.25, 0.3) is 0 Å². The molecular weight excluding hydrogens is 259 g/mol. The number of aromatic nitrogens is 2. The molecule has 2 aliphatic rings. The number of rotatable bonds is 2. The number of nitrogens with zero attached hydrogens (tertiary/aromatic N) is 4. The zero-order valence-electron chi connectivity index (χ0n) is 11.7. The maximum atomic E-state index is 12.8. The summed E-state index contributed by atoms with van der Waals surface area (Å²) >= 11 is 0. The first-order valence-corrected chi connectivity index (χ1v) is 7.16. The Morgan fingerprint density at radius 2 is 1.80 bits per heavy atom. The minimum Gasteiger partial charge on any atom is -0.342 e. The van der Waals surface area contributed by atoms with Gasteiger partial charge in [0.15, 0.2) is 5.82 Å². The van der Waals surface area contributed by atoms with Crippen LogP contribution in [0.1, 0.15) is 26.2 Å². The number of amides is 1.